The van der Waals surface area contributed by atoms with Crippen LogP contribution in [0.5, 0.6) is 0 Å². The van der Waals surface area contributed by atoms with E-state index in [4.69, 9.17) is 0 Å². The van der Waals surface area contributed by atoms with Crippen LogP contribution in [-0.4, -0.2) is 16.0 Å². The summed E-state index contributed by atoms with van der Waals surface area (Å²) in [6.45, 7) is 2.18. The zero-order valence-corrected chi connectivity index (χ0v) is 11.5. The number of fused-ring (bicyclic) bond motifs is 1. The van der Waals surface area contributed by atoms with Crippen molar-refractivity contribution in [1.82, 2.24) is 9.97 Å². The summed E-state index contributed by atoms with van der Waals surface area (Å²) in [5.41, 5.74) is 2.34. The SMILES string of the molecule is CC(Cc1ccccc1)Nc1ncnc2ccsc12. The number of rotatable bonds is 4. The highest BCUT2D eigenvalue weighted by atomic mass is 32.1. The number of anilines is 1. The summed E-state index contributed by atoms with van der Waals surface area (Å²) in [6.07, 6.45) is 2.60. The molecule has 0 aliphatic rings. The summed E-state index contributed by atoms with van der Waals surface area (Å²) in [5.74, 6) is 0.934. The number of aromatic nitrogens is 2. The van der Waals surface area contributed by atoms with Crippen molar-refractivity contribution in [2.75, 3.05) is 5.32 Å². The van der Waals surface area contributed by atoms with Crippen LogP contribution in [0, 0.1) is 0 Å². The Balaban J connectivity index is 1.76. The van der Waals surface area contributed by atoms with Gasteiger partial charge < -0.3 is 5.32 Å². The van der Waals surface area contributed by atoms with Gasteiger partial charge in [-0.3, -0.25) is 0 Å². The van der Waals surface area contributed by atoms with E-state index in [0.717, 1.165) is 22.5 Å². The van der Waals surface area contributed by atoms with Crippen LogP contribution in [0.4, 0.5) is 5.82 Å². The van der Waals surface area contributed by atoms with Crippen molar-refractivity contribution in [2.45, 2.75) is 19.4 Å². The smallest absolute Gasteiger partial charge is 0.147 e. The molecule has 4 heteroatoms. The Bertz CT molecular complexity index is 663. The number of hydrogen-bond donors (Lipinski definition) is 1. The molecule has 96 valence electrons. The van der Waals surface area contributed by atoms with Gasteiger partial charge in [0, 0.05) is 6.04 Å². The highest BCUT2D eigenvalue weighted by Crippen LogP contribution is 2.25. The van der Waals surface area contributed by atoms with Crippen LogP contribution in [0.25, 0.3) is 10.2 Å². The molecule has 2 heterocycles. The van der Waals surface area contributed by atoms with Gasteiger partial charge in [0.1, 0.15) is 12.1 Å². The van der Waals surface area contributed by atoms with E-state index < -0.39 is 0 Å². The number of thiophene rings is 1. The Morgan fingerprint density at radius 3 is 2.84 bits per heavy atom. The van der Waals surface area contributed by atoms with Crippen LogP contribution in [0.15, 0.2) is 48.1 Å². The summed E-state index contributed by atoms with van der Waals surface area (Å²) >= 11 is 1.67. The minimum absolute atomic E-state index is 0.336. The fourth-order valence-corrected chi connectivity index (χ4v) is 2.94. The third-order valence-corrected chi connectivity index (χ3v) is 3.92. The molecule has 0 aliphatic carbocycles. The van der Waals surface area contributed by atoms with Crippen molar-refractivity contribution in [3.63, 3.8) is 0 Å². The summed E-state index contributed by atoms with van der Waals surface area (Å²) in [7, 11) is 0. The quantitative estimate of drug-likeness (QED) is 0.784. The first-order chi connectivity index (χ1) is 9.33. The van der Waals surface area contributed by atoms with Crippen molar-refractivity contribution in [3.05, 3.63) is 53.7 Å². The predicted octanol–water partition coefficient (Wildman–Crippen LogP) is 3.73. The van der Waals surface area contributed by atoms with Crippen molar-refractivity contribution < 1.29 is 0 Å². The van der Waals surface area contributed by atoms with Gasteiger partial charge in [0.25, 0.3) is 0 Å². The fraction of sp³-hybridized carbons (Fsp3) is 0.200. The first kappa shape index (κ1) is 12.1. The molecule has 2 aromatic heterocycles. The summed E-state index contributed by atoms with van der Waals surface area (Å²) in [5, 5.41) is 5.53. The van der Waals surface area contributed by atoms with E-state index in [-0.39, 0.29) is 0 Å². The molecule has 0 bridgehead atoms. The Morgan fingerprint density at radius 2 is 2.00 bits per heavy atom. The minimum atomic E-state index is 0.336. The number of nitrogens with zero attached hydrogens (tertiary/aromatic N) is 2. The van der Waals surface area contributed by atoms with Gasteiger partial charge in [-0.2, -0.15) is 0 Å². The van der Waals surface area contributed by atoms with E-state index in [0.29, 0.717) is 6.04 Å². The molecule has 0 radical (unpaired) electrons. The van der Waals surface area contributed by atoms with E-state index in [2.05, 4.69) is 46.5 Å². The highest BCUT2D eigenvalue weighted by molar-refractivity contribution is 7.17. The molecule has 1 N–H and O–H groups in total. The van der Waals surface area contributed by atoms with Crippen molar-refractivity contribution >= 4 is 27.4 Å². The molecule has 3 nitrogen and oxygen atoms in total. The number of hydrogen-bond acceptors (Lipinski definition) is 4. The van der Waals surface area contributed by atoms with Gasteiger partial charge in [-0.15, -0.1) is 11.3 Å². The van der Waals surface area contributed by atoms with Crippen LogP contribution in [-0.2, 0) is 6.42 Å². The van der Waals surface area contributed by atoms with Gasteiger partial charge in [0.15, 0.2) is 0 Å². The third-order valence-electron chi connectivity index (χ3n) is 3.01. The lowest BCUT2D eigenvalue weighted by molar-refractivity contribution is 0.786. The Labute approximate surface area is 116 Å². The lowest BCUT2D eigenvalue weighted by atomic mass is 10.1. The fourth-order valence-electron chi connectivity index (χ4n) is 2.14. The molecule has 1 unspecified atom stereocenters. The second-order valence-corrected chi connectivity index (χ2v) is 5.51. The van der Waals surface area contributed by atoms with Crippen LogP contribution >= 0.6 is 11.3 Å². The number of nitrogens with one attached hydrogen (secondary N) is 1. The van der Waals surface area contributed by atoms with E-state index >= 15 is 0 Å². The molecule has 0 amide bonds. The molecule has 1 aromatic carbocycles. The van der Waals surface area contributed by atoms with Gasteiger partial charge in [0.2, 0.25) is 0 Å². The van der Waals surface area contributed by atoms with Crippen LogP contribution < -0.4 is 5.32 Å². The average Bonchev–Trinajstić information content (AvgIpc) is 2.89. The molecule has 0 spiro atoms. The molecular formula is C15H15N3S. The molecular weight excluding hydrogens is 254 g/mol. The van der Waals surface area contributed by atoms with Gasteiger partial charge in [0.05, 0.1) is 10.2 Å². The normalized spacial score (nSPS) is 12.5. The second-order valence-electron chi connectivity index (χ2n) is 4.59. The average molecular weight is 269 g/mol. The maximum atomic E-state index is 4.35. The van der Waals surface area contributed by atoms with Crippen LogP contribution in [0.1, 0.15) is 12.5 Å². The lowest BCUT2D eigenvalue weighted by Crippen LogP contribution is -2.18. The van der Waals surface area contributed by atoms with Crippen molar-refractivity contribution in [3.8, 4) is 0 Å². The molecule has 19 heavy (non-hydrogen) atoms. The van der Waals surface area contributed by atoms with Crippen molar-refractivity contribution in [1.29, 1.82) is 0 Å². The Hall–Kier alpha value is -1.94. The third kappa shape index (κ3) is 2.74. The molecule has 1 atom stereocenters. The first-order valence-corrected chi connectivity index (χ1v) is 7.19. The predicted molar refractivity (Wildman–Crippen MR) is 80.6 cm³/mol. The maximum absolute atomic E-state index is 4.35. The molecule has 3 rings (SSSR count). The molecule has 0 saturated carbocycles. The number of benzene rings is 1. The molecule has 0 saturated heterocycles. The monoisotopic (exact) mass is 269 g/mol. The standard InChI is InChI=1S/C15H15N3S/c1-11(9-12-5-3-2-4-6-12)18-15-14-13(7-8-19-14)16-10-17-15/h2-8,10-11H,9H2,1H3,(H,16,17,18). The van der Waals surface area contributed by atoms with Gasteiger partial charge in [-0.1, -0.05) is 30.3 Å². The zero-order chi connectivity index (χ0) is 13.1. The van der Waals surface area contributed by atoms with Gasteiger partial charge >= 0.3 is 0 Å². The molecule has 0 fully saturated rings. The van der Waals surface area contributed by atoms with Crippen LogP contribution in [0.3, 0.4) is 0 Å². The molecule has 0 aliphatic heterocycles. The van der Waals surface area contributed by atoms with E-state index in [1.54, 1.807) is 17.7 Å². The van der Waals surface area contributed by atoms with Gasteiger partial charge in [-0.05, 0) is 30.4 Å². The van der Waals surface area contributed by atoms with Crippen molar-refractivity contribution in [2.24, 2.45) is 0 Å². The Kier molecular flexibility index (Phi) is 3.42. The highest BCUT2D eigenvalue weighted by Gasteiger charge is 2.08. The largest absolute Gasteiger partial charge is 0.366 e. The lowest BCUT2D eigenvalue weighted by Gasteiger charge is -2.14. The van der Waals surface area contributed by atoms with Gasteiger partial charge in [-0.25, -0.2) is 9.97 Å². The zero-order valence-electron chi connectivity index (χ0n) is 10.7. The topological polar surface area (TPSA) is 37.8 Å². The summed E-state index contributed by atoms with van der Waals surface area (Å²) < 4.78 is 1.13. The molecule has 3 aromatic rings. The second kappa shape index (κ2) is 5.36. The van der Waals surface area contributed by atoms with E-state index in [1.807, 2.05) is 17.5 Å². The van der Waals surface area contributed by atoms with E-state index in [9.17, 15) is 0 Å². The first-order valence-electron chi connectivity index (χ1n) is 6.31. The van der Waals surface area contributed by atoms with Crippen LogP contribution in [0.2, 0.25) is 0 Å². The van der Waals surface area contributed by atoms with E-state index in [1.165, 1.54) is 5.56 Å². The summed E-state index contributed by atoms with van der Waals surface area (Å²) in [4.78, 5) is 8.60. The summed E-state index contributed by atoms with van der Waals surface area (Å²) in [6, 6.07) is 12.9. The maximum Gasteiger partial charge on any atom is 0.147 e. The Morgan fingerprint density at radius 1 is 1.16 bits per heavy atom. The minimum Gasteiger partial charge on any atom is -0.366 e.